The minimum atomic E-state index is 0.833. The predicted molar refractivity (Wildman–Crippen MR) is 61.7 cm³/mol. The standard InChI is InChI=1S/C5H12.C4H10.C3H8/c1-3-5-4-2;1-4(2)3;1-3-2/h3-5H2,1-2H3;4H,1-3H3;3H2,1-2H3. The molecule has 12 heavy (non-hydrogen) atoms. The zero-order chi connectivity index (χ0) is 10.4. The van der Waals surface area contributed by atoms with Gasteiger partial charge in [-0.25, -0.2) is 0 Å². The van der Waals surface area contributed by atoms with Crippen LogP contribution in [-0.4, -0.2) is 0 Å². The number of unbranched alkanes of at least 4 members (excludes halogenated alkanes) is 2. The Morgan fingerprint density at radius 3 is 0.917 bits per heavy atom. The van der Waals surface area contributed by atoms with Crippen LogP contribution in [0.25, 0.3) is 0 Å². The summed E-state index contributed by atoms with van der Waals surface area (Å²) in [7, 11) is 0. The first-order chi connectivity index (χ1) is 5.56. The monoisotopic (exact) mass is 174 g/mol. The van der Waals surface area contributed by atoms with E-state index in [2.05, 4.69) is 48.5 Å². The summed E-state index contributed by atoms with van der Waals surface area (Å²) in [5, 5.41) is 0. The van der Waals surface area contributed by atoms with Crippen molar-refractivity contribution in [3.05, 3.63) is 0 Å². The summed E-state index contributed by atoms with van der Waals surface area (Å²) in [6.07, 6.45) is 5.33. The highest BCUT2D eigenvalue weighted by molar-refractivity contribution is 4.24. The van der Waals surface area contributed by atoms with E-state index >= 15 is 0 Å². The molecule has 0 heteroatoms. The van der Waals surface area contributed by atoms with Crippen LogP contribution in [0.2, 0.25) is 0 Å². The van der Waals surface area contributed by atoms with Crippen LogP contribution in [0.1, 0.15) is 74.1 Å². The molecule has 0 aliphatic carbocycles. The van der Waals surface area contributed by atoms with Gasteiger partial charge >= 0.3 is 0 Å². The van der Waals surface area contributed by atoms with Crippen LogP contribution in [0.5, 0.6) is 0 Å². The molecular formula is C12H30. The van der Waals surface area contributed by atoms with Crippen molar-refractivity contribution < 1.29 is 0 Å². The molecular weight excluding hydrogens is 144 g/mol. The molecule has 0 unspecified atom stereocenters. The largest absolute Gasteiger partial charge is 0.0656 e. The Bertz CT molecular complexity index is 32.5. The Hall–Kier alpha value is 0. The van der Waals surface area contributed by atoms with Crippen LogP contribution in [0.4, 0.5) is 0 Å². The molecule has 0 nitrogen and oxygen atoms in total. The van der Waals surface area contributed by atoms with E-state index in [0.29, 0.717) is 0 Å². The smallest absolute Gasteiger partial charge is 0.0500 e. The molecule has 0 fully saturated rings. The zero-order valence-corrected chi connectivity index (χ0v) is 10.4. The Morgan fingerprint density at radius 1 is 0.750 bits per heavy atom. The van der Waals surface area contributed by atoms with Crippen LogP contribution in [0.3, 0.4) is 0 Å². The lowest BCUT2D eigenvalue weighted by molar-refractivity contribution is 0.737. The third-order valence-corrected chi connectivity index (χ3v) is 0.707. The third-order valence-electron chi connectivity index (χ3n) is 0.707. The molecule has 0 amide bonds. The third kappa shape index (κ3) is 202. The minimum absolute atomic E-state index is 0.833. The Kier molecular flexibility index (Phi) is 33.5. The van der Waals surface area contributed by atoms with E-state index in [4.69, 9.17) is 0 Å². The second-order valence-electron chi connectivity index (χ2n) is 3.79. The molecule has 0 spiro atoms. The molecule has 0 saturated heterocycles. The lowest BCUT2D eigenvalue weighted by Crippen LogP contribution is -1.66. The minimum Gasteiger partial charge on any atom is -0.0656 e. The molecule has 0 saturated carbocycles. The van der Waals surface area contributed by atoms with Crippen LogP contribution in [0, 0.1) is 5.92 Å². The summed E-state index contributed by atoms with van der Waals surface area (Å²) in [5.74, 6) is 0.833. The van der Waals surface area contributed by atoms with Gasteiger partial charge in [0, 0.05) is 0 Å². The van der Waals surface area contributed by atoms with Gasteiger partial charge in [-0.05, 0) is 5.92 Å². The molecule has 0 bridgehead atoms. The molecule has 0 aromatic rings. The number of hydrogen-bond acceptors (Lipinski definition) is 0. The first-order valence-electron chi connectivity index (χ1n) is 5.56. The van der Waals surface area contributed by atoms with E-state index in [9.17, 15) is 0 Å². The van der Waals surface area contributed by atoms with Crippen molar-refractivity contribution in [2.24, 2.45) is 5.92 Å². The van der Waals surface area contributed by atoms with Crippen molar-refractivity contribution in [3.63, 3.8) is 0 Å². The summed E-state index contributed by atoms with van der Waals surface area (Å²) < 4.78 is 0. The maximum Gasteiger partial charge on any atom is -0.0500 e. The van der Waals surface area contributed by atoms with E-state index in [1.54, 1.807) is 0 Å². The summed E-state index contributed by atoms with van der Waals surface area (Å²) in [6.45, 7) is 15.2. The average molecular weight is 174 g/mol. The SMILES string of the molecule is CC(C)C.CCC.CCCCC. The van der Waals surface area contributed by atoms with Crippen molar-refractivity contribution in [1.82, 2.24) is 0 Å². The van der Waals surface area contributed by atoms with Crippen LogP contribution >= 0.6 is 0 Å². The Morgan fingerprint density at radius 2 is 0.917 bits per heavy atom. The summed E-state index contributed by atoms with van der Waals surface area (Å²) in [4.78, 5) is 0. The topological polar surface area (TPSA) is 0 Å². The van der Waals surface area contributed by atoms with Gasteiger partial charge in [-0.2, -0.15) is 0 Å². The molecule has 0 radical (unpaired) electrons. The van der Waals surface area contributed by atoms with Gasteiger partial charge in [-0.3, -0.25) is 0 Å². The highest BCUT2D eigenvalue weighted by atomic mass is 13.7. The number of rotatable bonds is 2. The van der Waals surface area contributed by atoms with Crippen molar-refractivity contribution >= 4 is 0 Å². The van der Waals surface area contributed by atoms with Gasteiger partial charge in [0.1, 0.15) is 0 Å². The van der Waals surface area contributed by atoms with Crippen LogP contribution in [-0.2, 0) is 0 Å². The fraction of sp³-hybridized carbons (Fsp3) is 1.00. The summed E-state index contributed by atoms with van der Waals surface area (Å²) in [6, 6.07) is 0. The fourth-order valence-corrected chi connectivity index (χ4v) is 0.354. The van der Waals surface area contributed by atoms with E-state index in [0.717, 1.165) is 5.92 Å². The average Bonchev–Trinajstić information content (AvgIpc) is 1.89. The van der Waals surface area contributed by atoms with E-state index in [-0.39, 0.29) is 0 Å². The molecule has 0 N–H and O–H groups in total. The van der Waals surface area contributed by atoms with Gasteiger partial charge < -0.3 is 0 Å². The van der Waals surface area contributed by atoms with Gasteiger partial charge in [0.25, 0.3) is 0 Å². The highest BCUT2D eigenvalue weighted by Gasteiger charge is 1.68. The molecule has 0 aliphatic heterocycles. The first kappa shape index (κ1) is 17.9. The predicted octanol–water partition coefficient (Wildman–Crippen LogP) is 5.28. The molecule has 0 atom stereocenters. The molecule has 0 aromatic carbocycles. The second-order valence-corrected chi connectivity index (χ2v) is 3.79. The lowest BCUT2D eigenvalue weighted by Gasteiger charge is -1.79. The van der Waals surface area contributed by atoms with Crippen LogP contribution < -0.4 is 0 Å². The summed E-state index contributed by atoms with van der Waals surface area (Å²) >= 11 is 0. The summed E-state index contributed by atoms with van der Waals surface area (Å²) in [5.41, 5.74) is 0. The zero-order valence-electron chi connectivity index (χ0n) is 10.4. The van der Waals surface area contributed by atoms with Crippen molar-refractivity contribution in [3.8, 4) is 0 Å². The van der Waals surface area contributed by atoms with E-state index in [1.807, 2.05) is 0 Å². The molecule has 0 heterocycles. The normalized spacial score (nSPS) is 8.00. The highest BCUT2D eigenvalue weighted by Crippen LogP contribution is 1.88. The van der Waals surface area contributed by atoms with Gasteiger partial charge in [0.15, 0.2) is 0 Å². The Labute approximate surface area is 80.8 Å². The van der Waals surface area contributed by atoms with Crippen LogP contribution in [0.15, 0.2) is 0 Å². The quantitative estimate of drug-likeness (QED) is 0.534. The van der Waals surface area contributed by atoms with Crippen molar-refractivity contribution in [1.29, 1.82) is 0 Å². The van der Waals surface area contributed by atoms with Crippen molar-refractivity contribution in [2.45, 2.75) is 74.1 Å². The molecule has 0 rings (SSSR count). The maximum absolute atomic E-state index is 2.21. The van der Waals surface area contributed by atoms with Crippen molar-refractivity contribution in [2.75, 3.05) is 0 Å². The second kappa shape index (κ2) is 22.4. The van der Waals surface area contributed by atoms with Gasteiger partial charge in [0.2, 0.25) is 0 Å². The van der Waals surface area contributed by atoms with E-state index < -0.39 is 0 Å². The van der Waals surface area contributed by atoms with Gasteiger partial charge in [-0.1, -0.05) is 74.1 Å². The Balaban J connectivity index is -0.000000105. The lowest BCUT2D eigenvalue weighted by atomic mass is 10.3. The number of hydrogen-bond donors (Lipinski definition) is 0. The molecule has 78 valence electrons. The molecule has 0 aromatic heterocycles. The molecule has 0 aliphatic rings. The maximum atomic E-state index is 2.21. The fourth-order valence-electron chi connectivity index (χ4n) is 0.354. The van der Waals surface area contributed by atoms with E-state index in [1.165, 1.54) is 25.7 Å². The first-order valence-corrected chi connectivity index (χ1v) is 5.56. The van der Waals surface area contributed by atoms with Gasteiger partial charge in [-0.15, -0.1) is 0 Å². The van der Waals surface area contributed by atoms with Gasteiger partial charge in [0.05, 0.1) is 0 Å².